The Balaban J connectivity index is 0.000000238. The van der Waals surface area contributed by atoms with Gasteiger partial charge < -0.3 is 0 Å². The third-order valence-corrected chi connectivity index (χ3v) is 4.96. The fourth-order valence-corrected chi connectivity index (χ4v) is 3.08. The second-order valence-electron chi connectivity index (χ2n) is 6.70. The quantitative estimate of drug-likeness (QED) is 0.512. The number of halogens is 2. The predicted molar refractivity (Wildman–Crippen MR) is 95.6 cm³/mol. The van der Waals surface area contributed by atoms with Crippen molar-refractivity contribution in [1.82, 2.24) is 0 Å². The van der Waals surface area contributed by atoms with Crippen molar-refractivity contribution in [3.63, 3.8) is 0 Å². The minimum Gasteiger partial charge on any atom is -0.203 e. The Morgan fingerprint density at radius 3 is 2.26 bits per heavy atom. The lowest BCUT2D eigenvalue weighted by Gasteiger charge is -2.25. The number of benzene rings is 1. The maximum Gasteiger partial charge on any atom is 0.162 e. The predicted octanol–water partition coefficient (Wildman–Crippen LogP) is 7.00. The summed E-state index contributed by atoms with van der Waals surface area (Å²) in [5.41, 5.74) is 0.864. The molecular formula is C21H32F2. The van der Waals surface area contributed by atoms with Crippen molar-refractivity contribution in [3.05, 3.63) is 47.5 Å². The average Bonchev–Trinajstić information content (AvgIpc) is 2.60. The van der Waals surface area contributed by atoms with Gasteiger partial charge in [0.2, 0.25) is 0 Å². The molecule has 0 nitrogen and oxygen atoms in total. The molecule has 0 N–H and O–H groups in total. The molecule has 1 aromatic rings. The van der Waals surface area contributed by atoms with Crippen molar-refractivity contribution >= 4 is 0 Å². The van der Waals surface area contributed by atoms with Crippen molar-refractivity contribution in [2.24, 2.45) is 11.8 Å². The summed E-state index contributed by atoms with van der Waals surface area (Å²) in [7, 11) is 0. The summed E-state index contributed by atoms with van der Waals surface area (Å²) in [6.45, 7) is 9.74. The Kier molecular flexibility index (Phi) is 9.13. The molecule has 0 unspecified atom stereocenters. The highest BCUT2D eigenvalue weighted by molar-refractivity contribution is 5.25. The van der Waals surface area contributed by atoms with E-state index in [1.165, 1.54) is 32.1 Å². The van der Waals surface area contributed by atoms with Crippen molar-refractivity contribution in [2.45, 2.75) is 72.1 Å². The van der Waals surface area contributed by atoms with E-state index in [1.807, 2.05) is 6.92 Å². The van der Waals surface area contributed by atoms with E-state index in [-0.39, 0.29) is 0 Å². The Morgan fingerprint density at radius 1 is 1.09 bits per heavy atom. The van der Waals surface area contributed by atoms with E-state index < -0.39 is 11.6 Å². The summed E-state index contributed by atoms with van der Waals surface area (Å²) in [5, 5.41) is 0. The SMILES string of the molecule is C=CC1CCC(CC)CC1.CCCCc1ccc(C)c(F)c1F. The van der Waals surface area contributed by atoms with Crippen molar-refractivity contribution in [2.75, 3.05) is 0 Å². The zero-order valence-electron chi connectivity index (χ0n) is 15.0. The lowest BCUT2D eigenvalue weighted by atomic mass is 9.81. The fourth-order valence-electron chi connectivity index (χ4n) is 3.08. The topological polar surface area (TPSA) is 0 Å². The highest BCUT2D eigenvalue weighted by Gasteiger charge is 2.16. The number of aryl methyl sites for hydroxylation is 2. The van der Waals surface area contributed by atoms with Crippen LogP contribution in [0.4, 0.5) is 8.78 Å². The lowest BCUT2D eigenvalue weighted by molar-refractivity contribution is 0.304. The maximum absolute atomic E-state index is 13.2. The van der Waals surface area contributed by atoms with Crippen LogP contribution in [0.1, 0.15) is 69.9 Å². The molecular weight excluding hydrogens is 290 g/mol. The molecule has 1 aliphatic rings. The van der Waals surface area contributed by atoms with Crippen LogP contribution in [-0.4, -0.2) is 0 Å². The zero-order chi connectivity index (χ0) is 17.2. The summed E-state index contributed by atoms with van der Waals surface area (Å²) in [4.78, 5) is 0. The van der Waals surface area contributed by atoms with Crippen LogP contribution in [0.3, 0.4) is 0 Å². The molecule has 0 amide bonds. The van der Waals surface area contributed by atoms with Gasteiger partial charge in [-0.3, -0.25) is 0 Å². The van der Waals surface area contributed by atoms with Gasteiger partial charge in [-0.1, -0.05) is 44.9 Å². The largest absolute Gasteiger partial charge is 0.203 e. The van der Waals surface area contributed by atoms with Gasteiger partial charge >= 0.3 is 0 Å². The lowest BCUT2D eigenvalue weighted by Crippen LogP contribution is -2.11. The Bertz CT molecular complexity index is 471. The fraction of sp³-hybridized carbons (Fsp3) is 0.619. The molecule has 0 bridgehead atoms. The van der Waals surface area contributed by atoms with Crippen LogP contribution in [0.15, 0.2) is 24.8 Å². The Morgan fingerprint density at radius 2 is 1.74 bits per heavy atom. The normalized spacial score (nSPS) is 20.6. The summed E-state index contributed by atoms with van der Waals surface area (Å²) in [6.07, 6.45) is 11.7. The first-order valence-electron chi connectivity index (χ1n) is 9.09. The number of unbranched alkanes of at least 4 members (excludes halogenated alkanes) is 1. The Hall–Kier alpha value is -1.18. The molecule has 0 aromatic heterocycles. The first-order valence-corrected chi connectivity index (χ1v) is 9.09. The van der Waals surface area contributed by atoms with Crippen LogP contribution >= 0.6 is 0 Å². The molecule has 2 rings (SSSR count). The first kappa shape index (κ1) is 19.9. The third kappa shape index (κ3) is 6.45. The van der Waals surface area contributed by atoms with E-state index in [1.54, 1.807) is 19.1 Å². The van der Waals surface area contributed by atoms with Gasteiger partial charge in [-0.15, -0.1) is 6.58 Å². The minimum atomic E-state index is -0.700. The summed E-state index contributed by atoms with van der Waals surface area (Å²) in [5.74, 6) is 0.487. The summed E-state index contributed by atoms with van der Waals surface area (Å²) in [6, 6.07) is 3.30. The standard InChI is InChI=1S/C11H14F2.C10H18/c1-3-4-5-9-7-6-8(2)10(12)11(9)13;1-3-9-5-7-10(4-2)8-6-9/h6-7H,3-5H2,1-2H3;3,9-10H,1,4-8H2,2H3. The molecule has 0 saturated heterocycles. The molecule has 1 aliphatic carbocycles. The molecule has 0 heterocycles. The summed E-state index contributed by atoms with van der Waals surface area (Å²) >= 11 is 0. The Labute approximate surface area is 141 Å². The van der Waals surface area contributed by atoms with E-state index in [0.29, 0.717) is 17.5 Å². The highest BCUT2D eigenvalue weighted by atomic mass is 19.2. The number of hydrogen-bond donors (Lipinski definition) is 0. The van der Waals surface area contributed by atoms with Crippen LogP contribution < -0.4 is 0 Å². The molecule has 23 heavy (non-hydrogen) atoms. The van der Waals surface area contributed by atoms with E-state index in [9.17, 15) is 8.78 Å². The van der Waals surface area contributed by atoms with Crippen LogP contribution in [0.5, 0.6) is 0 Å². The molecule has 1 aromatic carbocycles. The van der Waals surface area contributed by atoms with Crippen molar-refractivity contribution in [3.8, 4) is 0 Å². The molecule has 0 atom stereocenters. The van der Waals surface area contributed by atoms with E-state index in [2.05, 4.69) is 19.6 Å². The number of rotatable bonds is 5. The van der Waals surface area contributed by atoms with Crippen molar-refractivity contribution < 1.29 is 8.78 Å². The average molecular weight is 322 g/mol. The molecule has 0 spiro atoms. The van der Waals surface area contributed by atoms with Gasteiger partial charge in [-0.05, 0) is 68.4 Å². The van der Waals surface area contributed by atoms with E-state index in [4.69, 9.17) is 0 Å². The number of allylic oxidation sites excluding steroid dienone is 1. The minimum absolute atomic E-state index is 0.373. The maximum atomic E-state index is 13.2. The van der Waals surface area contributed by atoms with E-state index >= 15 is 0 Å². The molecule has 2 heteroatoms. The van der Waals surface area contributed by atoms with Gasteiger partial charge in [0.1, 0.15) is 0 Å². The first-order chi connectivity index (χ1) is 11.0. The van der Waals surface area contributed by atoms with Gasteiger partial charge in [-0.2, -0.15) is 0 Å². The van der Waals surface area contributed by atoms with Gasteiger partial charge in [-0.25, -0.2) is 8.78 Å². The van der Waals surface area contributed by atoms with Crippen LogP contribution in [0, 0.1) is 30.4 Å². The smallest absolute Gasteiger partial charge is 0.162 e. The van der Waals surface area contributed by atoms with Gasteiger partial charge in [0.05, 0.1) is 0 Å². The van der Waals surface area contributed by atoms with E-state index in [0.717, 1.165) is 24.7 Å². The molecule has 130 valence electrons. The van der Waals surface area contributed by atoms with Crippen LogP contribution in [-0.2, 0) is 6.42 Å². The summed E-state index contributed by atoms with van der Waals surface area (Å²) < 4.78 is 26.3. The molecule has 1 saturated carbocycles. The van der Waals surface area contributed by atoms with Crippen LogP contribution in [0.25, 0.3) is 0 Å². The van der Waals surface area contributed by atoms with Gasteiger partial charge in [0, 0.05) is 0 Å². The molecule has 0 radical (unpaired) electrons. The number of hydrogen-bond acceptors (Lipinski definition) is 0. The van der Waals surface area contributed by atoms with Gasteiger partial charge in [0.25, 0.3) is 0 Å². The van der Waals surface area contributed by atoms with Crippen molar-refractivity contribution in [1.29, 1.82) is 0 Å². The molecule has 1 fully saturated rings. The zero-order valence-corrected chi connectivity index (χ0v) is 15.0. The van der Waals surface area contributed by atoms with Gasteiger partial charge in [0.15, 0.2) is 11.6 Å². The van der Waals surface area contributed by atoms with Crippen LogP contribution in [0.2, 0.25) is 0 Å². The second kappa shape index (κ2) is 10.6. The monoisotopic (exact) mass is 322 g/mol. The molecule has 0 aliphatic heterocycles. The second-order valence-corrected chi connectivity index (χ2v) is 6.70. The third-order valence-electron chi connectivity index (χ3n) is 4.96. The highest BCUT2D eigenvalue weighted by Crippen LogP contribution is 2.30.